The molecule has 0 aromatic heterocycles. The van der Waals surface area contributed by atoms with Crippen LogP contribution in [0.4, 0.5) is 0 Å². The normalized spacial score (nSPS) is 13.6. The number of rotatable bonds is 12. The third kappa shape index (κ3) is 13.5. The molecule has 2 amide bonds. The SMILES string of the molecule is C1CCCCC1.C=Cc1cccc(CC(NC(=O)CNC(=O)CCCCCC)C(=O)OC)c1. The van der Waals surface area contributed by atoms with E-state index in [2.05, 4.69) is 24.1 Å². The predicted molar refractivity (Wildman–Crippen MR) is 134 cm³/mol. The molecule has 0 saturated heterocycles. The van der Waals surface area contributed by atoms with E-state index in [9.17, 15) is 14.4 Å². The van der Waals surface area contributed by atoms with E-state index in [1.54, 1.807) is 6.08 Å². The minimum absolute atomic E-state index is 0.158. The highest BCUT2D eigenvalue weighted by Gasteiger charge is 2.22. The van der Waals surface area contributed by atoms with Gasteiger partial charge in [-0.05, 0) is 17.5 Å². The Labute approximate surface area is 199 Å². The van der Waals surface area contributed by atoms with Crippen LogP contribution in [-0.2, 0) is 25.5 Å². The van der Waals surface area contributed by atoms with E-state index in [4.69, 9.17) is 4.74 Å². The van der Waals surface area contributed by atoms with Gasteiger partial charge in [-0.15, -0.1) is 0 Å². The molecule has 1 fully saturated rings. The van der Waals surface area contributed by atoms with E-state index < -0.39 is 17.9 Å². The van der Waals surface area contributed by atoms with Crippen molar-refractivity contribution in [3.8, 4) is 0 Å². The average molecular weight is 459 g/mol. The first-order valence-corrected chi connectivity index (χ1v) is 12.3. The first-order chi connectivity index (χ1) is 16.0. The number of unbranched alkanes of at least 4 members (excludes halogenated alkanes) is 3. The number of carbonyl (C=O) groups excluding carboxylic acids is 3. The van der Waals surface area contributed by atoms with Gasteiger partial charge in [0.2, 0.25) is 11.8 Å². The number of hydrogen-bond donors (Lipinski definition) is 2. The van der Waals surface area contributed by atoms with Crippen molar-refractivity contribution in [2.75, 3.05) is 13.7 Å². The number of benzene rings is 1. The molecule has 1 aliphatic carbocycles. The van der Waals surface area contributed by atoms with Crippen LogP contribution in [0.25, 0.3) is 6.08 Å². The topological polar surface area (TPSA) is 84.5 Å². The van der Waals surface area contributed by atoms with Gasteiger partial charge in [-0.1, -0.05) is 102 Å². The summed E-state index contributed by atoms with van der Waals surface area (Å²) in [6.07, 6.45) is 15.4. The molecular formula is C27H42N2O4. The van der Waals surface area contributed by atoms with Gasteiger partial charge in [0.25, 0.3) is 0 Å². The quantitative estimate of drug-likeness (QED) is 0.343. The van der Waals surface area contributed by atoms with Crippen molar-refractivity contribution in [2.24, 2.45) is 0 Å². The fourth-order valence-corrected chi connectivity index (χ4v) is 3.70. The molecule has 6 nitrogen and oxygen atoms in total. The Kier molecular flexibility index (Phi) is 15.4. The molecule has 0 bridgehead atoms. The molecule has 0 spiro atoms. The van der Waals surface area contributed by atoms with Crippen molar-refractivity contribution in [1.29, 1.82) is 0 Å². The molecule has 2 N–H and O–H groups in total. The second kappa shape index (κ2) is 17.9. The Morgan fingerprint density at radius 1 is 1.03 bits per heavy atom. The monoisotopic (exact) mass is 458 g/mol. The summed E-state index contributed by atoms with van der Waals surface area (Å²) in [5.74, 6) is -1.11. The number of hydrogen-bond acceptors (Lipinski definition) is 4. The van der Waals surface area contributed by atoms with Crippen molar-refractivity contribution >= 4 is 23.9 Å². The average Bonchev–Trinajstić information content (AvgIpc) is 2.86. The van der Waals surface area contributed by atoms with Crippen molar-refractivity contribution in [1.82, 2.24) is 10.6 Å². The highest BCUT2D eigenvalue weighted by Crippen LogP contribution is 2.15. The zero-order valence-electron chi connectivity index (χ0n) is 20.5. The van der Waals surface area contributed by atoms with Gasteiger partial charge in [-0.2, -0.15) is 0 Å². The van der Waals surface area contributed by atoms with Gasteiger partial charge in [0.05, 0.1) is 13.7 Å². The van der Waals surface area contributed by atoms with Crippen LogP contribution in [0.3, 0.4) is 0 Å². The summed E-state index contributed by atoms with van der Waals surface area (Å²) < 4.78 is 4.78. The minimum Gasteiger partial charge on any atom is -0.467 e. The maximum atomic E-state index is 12.1. The summed E-state index contributed by atoms with van der Waals surface area (Å²) in [5.41, 5.74) is 1.81. The molecule has 2 rings (SSSR count). The highest BCUT2D eigenvalue weighted by atomic mass is 16.5. The summed E-state index contributed by atoms with van der Waals surface area (Å²) in [4.78, 5) is 35.9. The largest absolute Gasteiger partial charge is 0.467 e. The lowest BCUT2D eigenvalue weighted by molar-refractivity contribution is -0.145. The smallest absolute Gasteiger partial charge is 0.328 e. The Hall–Kier alpha value is -2.63. The number of nitrogens with one attached hydrogen (secondary N) is 2. The van der Waals surface area contributed by atoms with Gasteiger partial charge < -0.3 is 15.4 Å². The van der Waals surface area contributed by atoms with Gasteiger partial charge in [-0.3, -0.25) is 9.59 Å². The fourth-order valence-electron chi connectivity index (χ4n) is 3.70. The molecule has 1 aromatic rings. The van der Waals surface area contributed by atoms with Crippen LogP contribution < -0.4 is 10.6 Å². The Balaban J connectivity index is 0.000000779. The summed E-state index contributed by atoms with van der Waals surface area (Å²) in [5, 5.41) is 5.22. The molecule has 6 heteroatoms. The Morgan fingerprint density at radius 3 is 2.27 bits per heavy atom. The van der Waals surface area contributed by atoms with E-state index in [1.165, 1.54) is 45.6 Å². The second-order valence-electron chi connectivity index (χ2n) is 8.51. The van der Waals surface area contributed by atoms with Crippen LogP contribution in [0.2, 0.25) is 0 Å². The number of methoxy groups -OCH3 is 1. The Morgan fingerprint density at radius 2 is 1.70 bits per heavy atom. The molecule has 1 unspecified atom stereocenters. The highest BCUT2D eigenvalue weighted by molar-refractivity contribution is 5.88. The number of ether oxygens (including phenoxy) is 1. The fraction of sp³-hybridized carbons (Fsp3) is 0.593. The minimum atomic E-state index is -0.816. The van der Waals surface area contributed by atoms with E-state index in [1.807, 2.05) is 24.3 Å². The Bertz CT molecular complexity index is 717. The molecule has 1 saturated carbocycles. The number of esters is 1. The number of carbonyl (C=O) groups is 3. The van der Waals surface area contributed by atoms with Gasteiger partial charge in [0, 0.05) is 12.8 Å². The third-order valence-corrected chi connectivity index (χ3v) is 5.65. The van der Waals surface area contributed by atoms with Crippen molar-refractivity contribution in [3.63, 3.8) is 0 Å². The standard InChI is InChI=1S/C21H30N2O4.C6H12/c1-4-6-7-8-12-19(24)22-15-20(25)23-18(21(26)27-3)14-17-11-9-10-16(5-2)13-17;1-2-4-6-5-3-1/h5,9-11,13,18H,2,4,6-8,12,14-15H2,1,3H3,(H,22,24)(H,23,25);1-6H2. The summed E-state index contributed by atoms with van der Waals surface area (Å²) in [6, 6.07) is 6.71. The molecule has 1 atom stereocenters. The van der Waals surface area contributed by atoms with E-state index in [-0.39, 0.29) is 12.5 Å². The van der Waals surface area contributed by atoms with Crippen LogP contribution in [-0.4, -0.2) is 37.5 Å². The molecule has 33 heavy (non-hydrogen) atoms. The molecule has 0 heterocycles. The van der Waals surface area contributed by atoms with E-state index in [0.29, 0.717) is 12.8 Å². The summed E-state index contributed by atoms with van der Waals surface area (Å²) >= 11 is 0. The van der Waals surface area contributed by atoms with E-state index in [0.717, 1.165) is 36.8 Å². The number of amides is 2. The van der Waals surface area contributed by atoms with Crippen LogP contribution >= 0.6 is 0 Å². The van der Waals surface area contributed by atoms with Crippen LogP contribution in [0.5, 0.6) is 0 Å². The molecule has 184 valence electrons. The predicted octanol–water partition coefficient (Wildman–Crippen LogP) is 4.96. The molecule has 0 radical (unpaired) electrons. The molecule has 1 aromatic carbocycles. The van der Waals surface area contributed by atoms with Gasteiger partial charge in [0.1, 0.15) is 6.04 Å². The van der Waals surface area contributed by atoms with Crippen LogP contribution in [0, 0.1) is 0 Å². The maximum Gasteiger partial charge on any atom is 0.328 e. The van der Waals surface area contributed by atoms with Crippen LogP contribution in [0.15, 0.2) is 30.8 Å². The summed E-state index contributed by atoms with van der Waals surface area (Å²) in [6.45, 7) is 5.67. The van der Waals surface area contributed by atoms with Crippen molar-refractivity contribution < 1.29 is 19.1 Å². The van der Waals surface area contributed by atoms with Crippen molar-refractivity contribution in [3.05, 3.63) is 42.0 Å². The first kappa shape index (κ1) is 28.4. The van der Waals surface area contributed by atoms with Crippen molar-refractivity contribution in [2.45, 2.75) is 90.0 Å². The van der Waals surface area contributed by atoms with Crippen LogP contribution in [0.1, 0.15) is 88.7 Å². The van der Waals surface area contributed by atoms with E-state index >= 15 is 0 Å². The van der Waals surface area contributed by atoms with Gasteiger partial charge in [0.15, 0.2) is 0 Å². The first-order valence-electron chi connectivity index (χ1n) is 12.3. The third-order valence-electron chi connectivity index (χ3n) is 5.65. The van der Waals surface area contributed by atoms with Gasteiger partial charge >= 0.3 is 5.97 Å². The molecule has 1 aliphatic rings. The lowest BCUT2D eigenvalue weighted by atomic mass is 10.0. The zero-order chi connectivity index (χ0) is 24.3. The molecule has 0 aliphatic heterocycles. The zero-order valence-corrected chi connectivity index (χ0v) is 20.5. The van der Waals surface area contributed by atoms with Gasteiger partial charge in [-0.25, -0.2) is 4.79 Å². The lowest BCUT2D eigenvalue weighted by Gasteiger charge is -2.17. The summed E-state index contributed by atoms with van der Waals surface area (Å²) in [7, 11) is 1.28. The maximum absolute atomic E-state index is 12.1. The second-order valence-corrected chi connectivity index (χ2v) is 8.51. The lowest BCUT2D eigenvalue weighted by Crippen LogP contribution is -2.47. The molecular weight excluding hydrogens is 416 g/mol.